The van der Waals surface area contributed by atoms with Crippen molar-refractivity contribution in [3.63, 3.8) is 0 Å². The number of nitrogens with zero attached hydrogens (tertiary/aromatic N) is 7. The average Bonchev–Trinajstić information content (AvgIpc) is 3.53. The van der Waals surface area contributed by atoms with Gasteiger partial charge < -0.3 is 18.9 Å². The molecule has 184 valence electrons. The van der Waals surface area contributed by atoms with Gasteiger partial charge in [-0.25, -0.2) is 9.97 Å². The van der Waals surface area contributed by atoms with Gasteiger partial charge in [-0.1, -0.05) is 0 Å². The van der Waals surface area contributed by atoms with Crippen molar-refractivity contribution in [2.45, 2.75) is 19.9 Å². The number of ether oxygens (including phenoxy) is 2. The van der Waals surface area contributed by atoms with E-state index in [2.05, 4.69) is 32.1 Å². The van der Waals surface area contributed by atoms with Crippen molar-refractivity contribution in [2.75, 3.05) is 25.7 Å². The largest absolute Gasteiger partial charge is 0.497 e. The molecule has 0 aliphatic carbocycles. The molecule has 0 bridgehead atoms. The van der Waals surface area contributed by atoms with Gasteiger partial charge >= 0.3 is 0 Å². The fraction of sp³-hybridized carbons (Fsp3) is 0.259. The van der Waals surface area contributed by atoms with E-state index < -0.39 is 0 Å². The maximum atomic E-state index is 5.54. The molecule has 3 heterocycles. The van der Waals surface area contributed by atoms with Crippen LogP contribution in [-0.4, -0.2) is 50.1 Å². The quantitative estimate of drug-likeness (QED) is 0.298. The predicted octanol–water partition coefficient (Wildman–Crippen LogP) is 4.78. The molecule has 0 amide bonds. The second kappa shape index (κ2) is 10.1. The summed E-state index contributed by atoms with van der Waals surface area (Å²) in [7, 11) is 5.32. The summed E-state index contributed by atoms with van der Waals surface area (Å²) in [4.78, 5) is 16.0. The first-order chi connectivity index (χ1) is 17.5. The van der Waals surface area contributed by atoms with Crippen LogP contribution in [0.1, 0.15) is 12.2 Å². The van der Waals surface area contributed by atoms with Crippen LogP contribution in [0.5, 0.6) is 11.5 Å². The van der Waals surface area contributed by atoms with Crippen LogP contribution < -0.4 is 14.4 Å². The Balaban J connectivity index is 1.52. The molecular formula is C27H29N7O2. The first kappa shape index (κ1) is 23.3. The molecule has 0 aliphatic heterocycles. The molecule has 0 spiro atoms. The normalized spacial score (nSPS) is 11.1. The number of hydrogen-bond acceptors (Lipinski definition) is 7. The highest BCUT2D eigenvalue weighted by Gasteiger charge is 2.15. The molecule has 5 rings (SSSR count). The van der Waals surface area contributed by atoms with Gasteiger partial charge in [-0.2, -0.15) is 5.10 Å². The zero-order valence-corrected chi connectivity index (χ0v) is 20.9. The summed E-state index contributed by atoms with van der Waals surface area (Å²) in [5.41, 5.74) is 5.53. The molecule has 5 aromatic rings. The Kier molecular flexibility index (Phi) is 6.53. The molecule has 0 N–H and O–H groups in total. The first-order valence-corrected chi connectivity index (χ1v) is 11.8. The Morgan fingerprint density at radius 2 is 1.72 bits per heavy atom. The van der Waals surface area contributed by atoms with E-state index in [1.807, 2.05) is 72.1 Å². The third kappa shape index (κ3) is 5.00. The number of aryl methyl sites for hydroxylation is 3. The highest BCUT2D eigenvalue weighted by atomic mass is 16.5. The van der Waals surface area contributed by atoms with Crippen molar-refractivity contribution in [2.24, 2.45) is 7.05 Å². The van der Waals surface area contributed by atoms with Crippen LogP contribution in [0.15, 0.2) is 67.4 Å². The number of hydrogen-bond donors (Lipinski definition) is 0. The van der Waals surface area contributed by atoms with Crippen LogP contribution >= 0.6 is 0 Å². The molecule has 0 fully saturated rings. The molecule has 3 aromatic heterocycles. The number of benzene rings is 2. The Hall–Kier alpha value is -4.40. The molecule has 36 heavy (non-hydrogen) atoms. The highest BCUT2D eigenvalue weighted by Crippen LogP contribution is 2.34. The van der Waals surface area contributed by atoms with Gasteiger partial charge in [0.05, 0.1) is 37.1 Å². The summed E-state index contributed by atoms with van der Waals surface area (Å²) in [5.74, 6) is 2.23. The van der Waals surface area contributed by atoms with Crippen molar-refractivity contribution in [1.29, 1.82) is 0 Å². The van der Waals surface area contributed by atoms with E-state index in [4.69, 9.17) is 14.5 Å². The smallest absolute Gasteiger partial charge is 0.147 e. The number of methoxy groups -OCH3 is 2. The predicted molar refractivity (Wildman–Crippen MR) is 140 cm³/mol. The minimum atomic E-state index is 0.730. The fourth-order valence-electron chi connectivity index (χ4n) is 4.20. The van der Waals surface area contributed by atoms with Crippen LogP contribution in [0.3, 0.4) is 0 Å². The number of anilines is 2. The molecular weight excluding hydrogens is 454 g/mol. The van der Waals surface area contributed by atoms with E-state index in [1.165, 1.54) is 0 Å². The third-order valence-electron chi connectivity index (χ3n) is 6.03. The van der Waals surface area contributed by atoms with Crippen molar-refractivity contribution < 1.29 is 9.47 Å². The standard InChI is InChI=1S/C27H29N7O2/c1-19-29-18-33(31-19)9-5-10-34(22-12-23(35-3)15-24(13-22)36-4)21-6-7-25-26(14-21)30-27(16-28-25)20-8-11-32(2)17-20/h6-8,11-18H,5,9-10H2,1-4H3. The van der Waals surface area contributed by atoms with Crippen LogP contribution in [0.2, 0.25) is 0 Å². The maximum absolute atomic E-state index is 5.54. The van der Waals surface area contributed by atoms with Gasteiger partial charge in [-0.15, -0.1) is 0 Å². The molecule has 0 saturated carbocycles. The molecule has 0 saturated heterocycles. The van der Waals surface area contributed by atoms with Crippen molar-refractivity contribution in [3.8, 4) is 22.8 Å². The van der Waals surface area contributed by atoms with Gasteiger partial charge in [0.2, 0.25) is 0 Å². The number of fused-ring (bicyclic) bond motifs is 1. The second-order valence-electron chi connectivity index (χ2n) is 8.62. The van der Waals surface area contributed by atoms with Crippen molar-refractivity contribution in [3.05, 3.63) is 73.2 Å². The summed E-state index contributed by atoms with van der Waals surface area (Å²) in [6, 6.07) is 14.1. The molecule has 9 nitrogen and oxygen atoms in total. The van der Waals surface area contributed by atoms with Gasteiger partial charge in [-0.3, -0.25) is 9.67 Å². The third-order valence-corrected chi connectivity index (χ3v) is 6.03. The van der Waals surface area contributed by atoms with Gasteiger partial charge in [-0.05, 0) is 37.6 Å². The molecule has 0 unspecified atom stereocenters. The Labute approximate surface area is 210 Å². The maximum Gasteiger partial charge on any atom is 0.147 e. The van der Waals surface area contributed by atoms with E-state index in [9.17, 15) is 0 Å². The zero-order valence-electron chi connectivity index (χ0n) is 20.9. The van der Waals surface area contributed by atoms with Crippen molar-refractivity contribution in [1.82, 2.24) is 29.3 Å². The fourth-order valence-corrected chi connectivity index (χ4v) is 4.20. The lowest BCUT2D eigenvalue weighted by Crippen LogP contribution is -2.20. The summed E-state index contributed by atoms with van der Waals surface area (Å²) in [6.07, 6.45) is 8.50. The Morgan fingerprint density at radius 1 is 0.917 bits per heavy atom. The van der Waals surface area contributed by atoms with E-state index in [-0.39, 0.29) is 0 Å². The lowest BCUT2D eigenvalue weighted by Gasteiger charge is -2.26. The van der Waals surface area contributed by atoms with Gasteiger partial charge in [0.1, 0.15) is 23.7 Å². The molecule has 0 radical (unpaired) electrons. The van der Waals surface area contributed by atoms with Crippen molar-refractivity contribution >= 4 is 22.4 Å². The van der Waals surface area contributed by atoms with E-state index in [0.717, 1.165) is 70.5 Å². The van der Waals surface area contributed by atoms with Crippen LogP contribution in [0.4, 0.5) is 11.4 Å². The first-order valence-electron chi connectivity index (χ1n) is 11.8. The molecule has 9 heteroatoms. The van der Waals surface area contributed by atoms with E-state index >= 15 is 0 Å². The average molecular weight is 484 g/mol. The summed E-state index contributed by atoms with van der Waals surface area (Å²) in [5, 5.41) is 4.42. The summed E-state index contributed by atoms with van der Waals surface area (Å²) in [6.45, 7) is 3.39. The topological polar surface area (TPSA) is 83.1 Å². The number of rotatable bonds is 9. The highest BCUT2D eigenvalue weighted by molar-refractivity contribution is 5.82. The number of aromatic nitrogens is 6. The Morgan fingerprint density at radius 3 is 2.39 bits per heavy atom. The van der Waals surface area contributed by atoms with Crippen LogP contribution in [0.25, 0.3) is 22.3 Å². The second-order valence-corrected chi connectivity index (χ2v) is 8.62. The molecule has 2 aromatic carbocycles. The van der Waals surface area contributed by atoms with Gasteiger partial charge in [0.15, 0.2) is 0 Å². The lowest BCUT2D eigenvalue weighted by molar-refractivity contribution is 0.394. The Bertz CT molecular complexity index is 1470. The minimum absolute atomic E-state index is 0.730. The lowest BCUT2D eigenvalue weighted by atomic mass is 10.1. The van der Waals surface area contributed by atoms with Gasteiger partial charge in [0, 0.05) is 67.7 Å². The summed E-state index contributed by atoms with van der Waals surface area (Å²) >= 11 is 0. The van der Waals surface area contributed by atoms with Gasteiger partial charge in [0.25, 0.3) is 0 Å². The SMILES string of the molecule is COc1cc(OC)cc(N(CCCn2cnc(C)n2)c2ccc3ncc(-c4ccn(C)c4)nc3c2)c1. The summed E-state index contributed by atoms with van der Waals surface area (Å²) < 4.78 is 15.0. The van der Waals surface area contributed by atoms with E-state index in [0.29, 0.717) is 0 Å². The van der Waals surface area contributed by atoms with Crippen LogP contribution in [0, 0.1) is 6.92 Å². The molecule has 0 atom stereocenters. The monoisotopic (exact) mass is 483 g/mol. The van der Waals surface area contributed by atoms with Crippen LogP contribution in [-0.2, 0) is 13.6 Å². The van der Waals surface area contributed by atoms with E-state index in [1.54, 1.807) is 20.5 Å². The zero-order chi connectivity index (χ0) is 25.1. The molecule has 0 aliphatic rings. The minimum Gasteiger partial charge on any atom is -0.497 e.